The van der Waals surface area contributed by atoms with Crippen LogP contribution in [0.3, 0.4) is 0 Å². The second-order valence-electron chi connectivity index (χ2n) is 10.7. The first-order valence-electron chi connectivity index (χ1n) is 13.5. The van der Waals surface area contributed by atoms with Crippen molar-refractivity contribution in [1.29, 1.82) is 5.26 Å². The highest BCUT2D eigenvalue weighted by Gasteiger charge is 2.31. The summed E-state index contributed by atoms with van der Waals surface area (Å²) in [5, 5.41) is 14.0. The molecule has 5 rings (SSSR count). The van der Waals surface area contributed by atoms with Crippen LogP contribution in [0, 0.1) is 17.2 Å². The van der Waals surface area contributed by atoms with E-state index in [4.69, 9.17) is 9.72 Å². The number of amides is 1. The summed E-state index contributed by atoms with van der Waals surface area (Å²) < 4.78 is 5.91. The molecular formula is C30H34N4O3S. The summed E-state index contributed by atoms with van der Waals surface area (Å²) in [5.74, 6) is -0.347. The van der Waals surface area contributed by atoms with Crippen LogP contribution in [0.2, 0.25) is 0 Å². The number of thiophene rings is 1. The van der Waals surface area contributed by atoms with Gasteiger partial charge in [0.25, 0.3) is 5.91 Å². The average molecular weight is 531 g/mol. The van der Waals surface area contributed by atoms with Crippen molar-refractivity contribution in [2.75, 3.05) is 11.9 Å². The minimum absolute atomic E-state index is 0.324. The van der Waals surface area contributed by atoms with Crippen molar-refractivity contribution >= 4 is 39.1 Å². The molecule has 7 nitrogen and oxygen atoms in total. The van der Waals surface area contributed by atoms with E-state index < -0.39 is 18.0 Å². The van der Waals surface area contributed by atoms with Crippen LogP contribution in [0.1, 0.15) is 78.2 Å². The molecule has 0 saturated heterocycles. The zero-order chi connectivity index (χ0) is 27.0. The molecular weight excluding hydrogens is 496 g/mol. The standard InChI is InChI=1S/C30H34N4O3S/c1-5-25(28(35)33-29-21(15-31)19-11-10-18(4)14-26(19)38-29)37-30(36)27-20-8-6-7-9-23(20)32-24-12-13-34(17(2)3)16-22(24)27/h6-9,17-18,25H,5,10-14,16H2,1-4H3,(H,33,35). The summed E-state index contributed by atoms with van der Waals surface area (Å²) in [7, 11) is 0. The fourth-order valence-electron chi connectivity index (χ4n) is 5.54. The second-order valence-corrected chi connectivity index (χ2v) is 11.8. The number of carbonyl (C=O) groups is 2. The molecule has 3 heterocycles. The Morgan fingerprint density at radius 2 is 2.05 bits per heavy atom. The molecule has 2 aromatic heterocycles. The van der Waals surface area contributed by atoms with Gasteiger partial charge in [-0.05, 0) is 57.1 Å². The molecule has 198 valence electrons. The quantitative estimate of drug-likeness (QED) is 0.415. The zero-order valence-corrected chi connectivity index (χ0v) is 23.3. The molecule has 1 amide bonds. The first-order chi connectivity index (χ1) is 18.3. The van der Waals surface area contributed by atoms with Gasteiger partial charge in [-0.3, -0.25) is 14.7 Å². The highest BCUT2D eigenvalue weighted by Crippen LogP contribution is 2.39. The summed E-state index contributed by atoms with van der Waals surface area (Å²) in [4.78, 5) is 35.4. The van der Waals surface area contributed by atoms with Crippen LogP contribution >= 0.6 is 11.3 Å². The lowest BCUT2D eigenvalue weighted by Gasteiger charge is -2.32. The van der Waals surface area contributed by atoms with Gasteiger partial charge in [-0.1, -0.05) is 32.0 Å². The number of rotatable bonds is 6. The molecule has 2 unspecified atom stereocenters. The van der Waals surface area contributed by atoms with Crippen LogP contribution in [0.15, 0.2) is 24.3 Å². The Kier molecular flexibility index (Phi) is 7.51. The molecule has 0 fully saturated rings. The molecule has 38 heavy (non-hydrogen) atoms. The number of fused-ring (bicyclic) bond motifs is 3. The Hall–Kier alpha value is -3.28. The van der Waals surface area contributed by atoms with Crippen LogP contribution in [0.5, 0.6) is 0 Å². The van der Waals surface area contributed by atoms with Crippen molar-refractivity contribution in [2.45, 2.75) is 78.5 Å². The van der Waals surface area contributed by atoms with Crippen LogP contribution in [-0.4, -0.2) is 40.5 Å². The predicted molar refractivity (Wildman–Crippen MR) is 149 cm³/mol. The van der Waals surface area contributed by atoms with Gasteiger partial charge in [0.2, 0.25) is 0 Å². The molecule has 1 N–H and O–H groups in total. The van der Waals surface area contributed by atoms with Gasteiger partial charge in [0.1, 0.15) is 11.1 Å². The molecule has 0 bridgehead atoms. The normalized spacial score (nSPS) is 17.9. The highest BCUT2D eigenvalue weighted by molar-refractivity contribution is 7.16. The number of benzene rings is 1. The van der Waals surface area contributed by atoms with Crippen LogP contribution in [0.25, 0.3) is 10.9 Å². The van der Waals surface area contributed by atoms with E-state index >= 15 is 0 Å². The Labute approximate surface area is 227 Å². The summed E-state index contributed by atoms with van der Waals surface area (Å²) >= 11 is 1.48. The number of nitrogens with zero attached hydrogens (tertiary/aromatic N) is 3. The number of esters is 1. The van der Waals surface area contributed by atoms with E-state index in [1.54, 1.807) is 0 Å². The van der Waals surface area contributed by atoms with Crippen molar-refractivity contribution in [3.63, 3.8) is 0 Å². The molecule has 0 radical (unpaired) electrons. The summed E-state index contributed by atoms with van der Waals surface area (Å²) in [6, 6.07) is 10.2. The van der Waals surface area contributed by atoms with E-state index in [0.717, 1.165) is 60.0 Å². The van der Waals surface area contributed by atoms with E-state index in [9.17, 15) is 14.9 Å². The predicted octanol–water partition coefficient (Wildman–Crippen LogP) is 5.63. The number of ether oxygens (including phenoxy) is 1. The maximum atomic E-state index is 13.8. The van der Waals surface area contributed by atoms with Crippen molar-refractivity contribution in [3.05, 3.63) is 57.1 Å². The van der Waals surface area contributed by atoms with Gasteiger partial charge in [-0.15, -0.1) is 11.3 Å². The fraction of sp³-hybridized carbons (Fsp3) is 0.467. The SMILES string of the molecule is CCC(OC(=O)c1c2c(nc3ccccc13)CCN(C(C)C)C2)C(=O)Nc1sc2c(c1C#N)CCC(C)C2. The van der Waals surface area contributed by atoms with Crippen LogP contribution in [-0.2, 0) is 35.3 Å². The number of hydrogen-bond donors (Lipinski definition) is 1. The maximum Gasteiger partial charge on any atom is 0.340 e. The number of aromatic nitrogens is 1. The lowest BCUT2D eigenvalue weighted by atomic mass is 9.88. The van der Waals surface area contributed by atoms with Crippen molar-refractivity contribution in [1.82, 2.24) is 9.88 Å². The Bertz CT molecular complexity index is 1440. The van der Waals surface area contributed by atoms with E-state index in [2.05, 4.69) is 37.1 Å². The maximum absolute atomic E-state index is 13.8. The van der Waals surface area contributed by atoms with Gasteiger partial charge >= 0.3 is 5.97 Å². The topological polar surface area (TPSA) is 95.3 Å². The van der Waals surface area contributed by atoms with E-state index in [-0.39, 0.29) is 0 Å². The fourth-order valence-corrected chi connectivity index (χ4v) is 6.91. The number of nitriles is 1. The molecule has 1 aliphatic carbocycles. The molecule has 0 saturated carbocycles. The first kappa shape index (κ1) is 26.3. The number of para-hydroxylation sites is 1. The Morgan fingerprint density at radius 1 is 1.26 bits per heavy atom. The Morgan fingerprint density at radius 3 is 2.79 bits per heavy atom. The molecule has 3 aromatic rings. The molecule has 2 atom stereocenters. The lowest BCUT2D eigenvalue weighted by molar-refractivity contribution is -0.124. The third kappa shape index (κ3) is 4.93. The van der Waals surface area contributed by atoms with E-state index in [1.165, 1.54) is 16.2 Å². The Balaban J connectivity index is 1.43. The lowest BCUT2D eigenvalue weighted by Crippen LogP contribution is -2.38. The minimum Gasteiger partial charge on any atom is -0.449 e. The molecule has 1 aliphatic heterocycles. The molecule has 8 heteroatoms. The van der Waals surface area contributed by atoms with Gasteiger partial charge in [0, 0.05) is 47.1 Å². The highest BCUT2D eigenvalue weighted by atomic mass is 32.1. The minimum atomic E-state index is -0.973. The average Bonchev–Trinajstić information content (AvgIpc) is 3.25. The summed E-state index contributed by atoms with van der Waals surface area (Å²) in [6.45, 7) is 9.82. The van der Waals surface area contributed by atoms with E-state index in [1.807, 2.05) is 31.2 Å². The second kappa shape index (κ2) is 10.8. The smallest absolute Gasteiger partial charge is 0.340 e. The van der Waals surface area contributed by atoms with Crippen molar-refractivity contribution in [3.8, 4) is 6.07 Å². The van der Waals surface area contributed by atoms with Crippen LogP contribution in [0.4, 0.5) is 5.00 Å². The molecule has 1 aromatic carbocycles. The van der Waals surface area contributed by atoms with Gasteiger partial charge in [-0.2, -0.15) is 5.26 Å². The number of nitrogens with one attached hydrogen (secondary N) is 1. The summed E-state index contributed by atoms with van der Waals surface area (Å²) in [5.41, 5.74) is 4.67. The number of anilines is 1. The molecule has 0 spiro atoms. The first-order valence-corrected chi connectivity index (χ1v) is 14.3. The van der Waals surface area contributed by atoms with Crippen LogP contribution < -0.4 is 5.32 Å². The third-order valence-corrected chi connectivity index (χ3v) is 8.95. The zero-order valence-electron chi connectivity index (χ0n) is 22.5. The van der Waals surface area contributed by atoms with E-state index in [0.29, 0.717) is 41.1 Å². The molecule has 2 aliphatic rings. The summed E-state index contributed by atoms with van der Waals surface area (Å²) in [6.07, 6.45) is 2.93. The van der Waals surface area contributed by atoms with Gasteiger partial charge < -0.3 is 10.1 Å². The third-order valence-electron chi connectivity index (χ3n) is 7.78. The van der Waals surface area contributed by atoms with Gasteiger partial charge in [0.15, 0.2) is 6.10 Å². The monoisotopic (exact) mass is 530 g/mol. The number of pyridine rings is 1. The van der Waals surface area contributed by atoms with Crippen molar-refractivity contribution in [2.24, 2.45) is 5.92 Å². The largest absolute Gasteiger partial charge is 0.449 e. The number of hydrogen-bond acceptors (Lipinski definition) is 7. The number of carbonyl (C=O) groups excluding carboxylic acids is 2. The van der Waals surface area contributed by atoms with Gasteiger partial charge in [0.05, 0.1) is 16.6 Å². The van der Waals surface area contributed by atoms with Gasteiger partial charge in [-0.25, -0.2) is 4.79 Å². The van der Waals surface area contributed by atoms with Crippen molar-refractivity contribution < 1.29 is 14.3 Å².